The molecule has 0 radical (unpaired) electrons. The summed E-state index contributed by atoms with van der Waals surface area (Å²) in [5, 5.41) is 10.6. The fourth-order valence-electron chi connectivity index (χ4n) is 1.40. The van der Waals surface area contributed by atoms with Crippen molar-refractivity contribution in [3.05, 3.63) is 45.5 Å². The van der Waals surface area contributed by atoms with Crippen molar-refractivity contribution >= 4 is 17.7 Å². The van der Waals surface area contributed by atoms with Gasteiger partial charge in [-0.3, -0.25) is 10.1 Å². The van der Waals surface area contributed by atoms with Gasteiger partial charge in [0.25, 0.3) is 5.69 Å². The molecule has 0 saturated carbocycles. The molecule has 0 saturated heterocycles. The Kier molecular flexibility index (Phi) is 4.56. The fourth-order valence-corrected chi connectivity index (χ4v) is 1.40. The molecule has 1 aromatic rings. The number of hydrogen-bond donors (Lipinski definition) is 1. The van der Waals surface area contributed by atoms with E-state index in [1.54, 1.807) is 19.1 Å². The molecule has 18 heavy (non-hydrogen) atoms. The Balaban J connectivity index is 3.16. The Morgan fingerprint density at radius 2 is 2.22 bits per heavy atom. The summed E-state index contributed by atoms with van der Waals surface area (Å²) in [6.45, 7) is 1.64. The van der Waals surface area contributed by atoms with Crippen molar-refractivity contribution < 1.29 is 14.5 Å². The minimum absolute atomic E-state index is 0.0439. The Hall–Kier alpha value is -2.21. The summed E-state index contributed by atoms with van der Waals surface area (Å²) in [7, 11) is 1.26. The van der Waals surface area contributed by atoms with Gasteiger partial charge in [-0.25, -0.2) is 4.79 Å². The number of esters is 1. The zero-order chi connectivity index (χ0) is 13.7. The quantitative estimate of drug-likeness (QED) is 0.378. The number of ether oxygens (including phenoxy) is 1. The molecule has 0 bridgehead atoms. The van der Waals surface area contributed by atoms with Crippen molar-refractivity contribution in [3.63, 3.8) is 0 Å². The standard InChI is InChI=1S/C12H14N2O4/c1-8(13)11(12(15)18-2)7-9-4-3-5-10(6-9)14(16)17/h3-8H,13H2,1-2H3/b11-7-. The van der Waals surface area contributed by atoms with Crippen LogP contribution in [0.1, 0.15) is 12.5 Å². The van der Waals surface area contributed by atoms with Gasteiger partial charge in [0.05, 0.1) is 17.6 Å². The zero-order valence-electron chi connectivity index (χ0n) is 10.1. The van der Waals surface area contributed by atoms with E-state index in [1.165, 1.54) is 25.3 Å². The lowest BCUT2D eigenvalue weighted by Crippen LogP contribution is -2.24. The van der Waals surface area contributed by atoms with Gasteiger partial charge >= 0.3 is 5.97 Å². The second kappa shape index (κ2) is 5.92. The third-order valence-electron chi connectivity index (χ3n) is 2.31. The van der Waals surface area contributed by atoms with Crippen LogP contribution in [0.25, 0.3) is 6.08 Å². The summed E-state index contributed by atoms with van der Waals surface area (Å²) in [4.78, 5) is 21.6. The molecule has 1 rings (SSSR count). The van der Waals surface area contributed by atoms with Gasteiger partial charge in [0.2, 0.25) is 0 Å². The van der Waals surface area contributed by atoms with Gasteiger partial charge in [-0.15, -0.1) is 0 Å². The summed E-state index contributed by atoms with van der Waals surface area (Å²) in [5.74, 6) is -0.545. The highest BCUT2D eigenvalue weighted by molar-refractivity contribution is 5.94. The summed E-state index contributed by atoms with van der Waals surface area (Å²) >= 11 is 0. The lowest BCUT2D eigenvalue weighted by molar-refractivity contribution is -0.384. The predicted octanol–water partition coefficient (Wildman–Crippen LogP) is 1.50. The number of nitro groups is 1. The van der Waals surface area contributed by atoms with E-state index in [0.717, 1.165) is 0 Å². The van der Waals surface area contributed by atoms with Crippen LogP contribution in [0.2, 0.25) is 0 Å². The van der Waals surface area contributed by atoms with E-state index in [-0.39, 0.29) is 11.3 Å². The molecule has 0 spiro atoms. The van der Waals surface area contributed by atoms with Crippen LogP contribution in [-0.2, 0) is 9.53 Å². The molecule has 0 aliphatic carbocycles. The van der Waals surface area contributed by atoms with Crippen LogP contribution in [0, 0.1) is 10.1 Å². The van der Waals surface area contributed by atoms with Crippen molar-refractivity contribution in [1.29, 1.82) is 0 Å². The maximum atomic E-state index is 11.5. The van der Waals surface area contributed by atoms with Gasteiger partial charge in [-0.2, -0.15) is 0 Å². The number of methoxy groups -OCH3 is 1. The fraction of sp³-hybridized carbons (Fsp3) is 0.250. The van der Waals surface area contributed by atoms with Crippen molar-refractivity contribution in [2.75, 3.05) is 7.11 Å². The number of carbonyl (C=O) groups is 1. The van der Waals surface area contributed by atoms with E-state index >= 15 is 0 Å². The first-order chi connectivity index (χ1) is 8.45. The summed E-state index contributed by atoms with van der Waals surface area (Å²) in [6.07, 6.45) is 1.49. The first-order valence-electron chi connectivity index (χ1n) is 5.25. The average Bonchev–Trinajstić information content (AvgIpc) is 2.35. The number of rotatable bonds is 4. The van der Waals surface area contributed by atoms with Gasteiger partial charge in [0, 0.05) is 18.2 Å². The molecular weight excluding hydrogens is 236 g/mol. The van der Waals surface area contributed by atoms with Gasteiger partial charge in [-0.05, 0) is 18.6 Å². The number of benzene rings is 1. The van der Waals surface area contributed by atoms with E-state index in [4.69, 9.17) is 5.73 Å². The number of nitrogens with two attached hydrogens (primary N) is 1. The molecule has 0 heterocycles. The van der Waals surface area contributed by atoms with Crippen molar-refractivity contribution in [2.24, 2.45) is 5.73 Å². The summed E-state index contributed by atoms with van der Waals surface area (Å²) < 4.78 is 4.60. The maximum Gasteiger partial charge on any atom is 0.335 e. The summed E-state index contributed by atoms with van der Waals surface area (Å²) in [5.41, 5.74) is 6.40. The van der Waals surface area contributed by atoms with Crippen molar-refractivity contribution in [3.8, 4) is 0 Å². The van der Waals surface area contributed by atoms with Crippen LogP contribution in [0.15, 0.2) is 29.8 Å². The van der Waals surface area contributed by atoms with Crippen LogP contribution in [0.4, 0.5) is 5.69 Å². The maximum absolute atomic E-state index is 11.5. The number of nitrogens with zero attached hydrogens (tertiary/aromatic N) is 1. The third kappa shape index (κ3) is 3.39. The smallest absolute Gasteiger partial charge is 0.335 e. The Bertz CT molecular complexity index is 495. The molecule has 1 aromatic carbocycles. The molecule has 0 fully saturated rings. The number of hydrogen-bond acceptors (Lipinski definition) is 5. The molecule has 0 amide bonds. The molecule has 1 unspecified atom stereocenters. The average molecular weight is 250 g/mol. The first kappa shape index (κ1) is 13.9. The van der Waals surface area contributed by atoms with Crippen LogP contribution < -0.4 is 5.73 Å². The van der Waals surface area contributed by atoms with E-state index in [1.807, 2.05) is 0 Å². The third-order valence-corrected chi connectivity index (χ3v) is 2.31. The Labute approximate surface area is 104 Å². The molecule has 1 atom stereocenters. The predicted molar refractivity (Wildman–Crippen MR) is 66.7 cm³/mol. The second-order valence-electron chi connectivity index (χ2n) is 3.73. The lowest BCUT2D eigenvalue weighted by atomic mass is 10.1. The van der Waals surface area contributed by atoms with Gasteiger partial charge in [0.15, 0.2) is 0 Å². The SMILES string of the molecule is COC(=O)/C(=C\c1cccc([N+](=O)[O-])c1)C(C)N. The van der Waals surface area contributed by atoms with Gasteiger partial charge < -0.3 is 10.5 Å². The first-order valence-corrected chi connectivity index (χ1v) is 5.25. The number of nitro benzene ring substituents is 1. The van der Waals surface area contributed by atoms with Crippen molar-refractivity contribution in [2.45, 2.75) is 13.0 Å². The van der Waals surface area contributed by atoms with E-state index in [9.17, 15) is 14.9 Å². The lowest BCUT2D eigenvalue weighted by Gasteiger charge is -2.08. The number of carbonyl (C=O) groups excluding carboxylic acids is 1. The highest BCUT2D eigenvalue weighted by Crippen LogP contribution is 2.17. The topological polar surface area (TPSA) is 95.5 Å². The molecule has 2 N–H and O–H groups in total. The zero-order valence-corrected chi connectivity index (χ0v) is 10.1. The minimum atomic E-state index is -0.545. The highest BCUT2D eigenvalue weighted by Gasteiger charge is 2.14. The summed E-state index contributed by atoms with van der Waals surface area (Å²) in [6, 6.07) is 5.42. The van der Waals surface area contributed by atoms with Gasteiger partial charge in [0.1, 0.15) is 0 Å². The molecule has 6 nitrogen and oxygen atoms in total. The van der Waals surface area contributed by atoms with Crippen LogP contribution in [-0.4, -0.2) is 24.0 Å². The minimum Gasteiger partial charge on any atom is -0.466 e. The largest absolute Gasteiger partial charge is 0.466 e. The monoisotopic (exact) mass is 250 g/mol. The highest BCUT2D eigenvalue weighted by atomic mass is 16.6. The second-order valence-corrected chi connectivity index (χ2v) is 3.73. The molecular formula is C12H14N2O4. The van der Waals surface area contributed by atoms with Crippen LogP contribution >= 0.6 is 0 Å². The molecule has 0 aliphatic heterocycles. The number of non-ortho nitro benzene ring substituents is 1. The normalized spacial score (nSPS) is 12.9. The van der Waals surface area contributed by atoms with Crippen LogP contribution in [0.5, 0.6) is 0 Å². The van der Waals surface area contributed by atoms with E-state index in [2.05, 4.69) is 4.74 Å². The van der Waals surface area contributed by atoms with Crippen molar-refractivity contribution in [1.82, 2.24) is 0 Å². The molecule has 6 heteroatoms. The van der Waals surface area contributed by atoms with Crippen LogP contribution in [0.3, 0.4) is 0 Å². The Morgan fingerprint density at radius 1 is 1.56 bits per heavy atom. The molecule has 0 aliphatic rings. The molecule has 0 aromatic heterocycles. The molecule has 96 valence electrons. The Morgan fingerprint density at radius 3 is 2.72 bits per heavy atom. The van der Waals surface area contributed by atoms with E-state index < -0.39 is 16.9 Å². The van der Waals surface area contributed by atoms with E-state index in [0.29, 0.717) is 5.56 Å². The van der Waals surface area contributed by atoms with Gasteiger partial charge in [-0.1, -0.05) is 12.1 Å².